The number of carbonyl (C=O) groups is 1. The molecule has 3 aromatic rings. The molecule has 0 radical (unpaired) electrons. The second kappa shape index (κ2) is 7.51. The van der Waals surface area contributed by atoms with Crippen molar-refractivity contribution >= 4 is 28.3 Å². The zero-order chi connectivity index (χ0) is 21.6. The molecule has 0 bridgehead atoms. The molecule has 1 fully saturated rings. The molecule has 1 aliphatic carbocycles. The summed E-state index contributed by atoms with van der Waals surface area (Å²) >= 11 is 1.06. The topological polar surface area (TPSA) is 85.3 Å². The van der Waals surface area contributed by atoms with Crippen LogP contribution in [0.5, 0.6) is 0 Å². The van der Waals surface area contributed by atoms with Crippen LogP contribution in [0.3, 0.4) is 0 Å². The van der Waals surface area contributed by atoms with E-state index in [2.05, 4.69) is 22.0 Å². The van der Waals surface area contributed by atoms with Crippen LogP contribution in [0.15, 0.2) is 31.1 Å². The molecule has 1 amide bonds. The molecule has 0 saturated heterocycles. The largest absolute Gasteiger partial charge is 0.340 e. The van der Waals surface area contributed by atoms with Crippen molar-refractivity contribution in [1.29, 1.82) is 0 Å². The normalized spacial score (nSPS) is 21.0. The van der Waals surface area contributed by atoms with Gasteiger partial charge in [0.2, 0.25) is 0 Å². The molecule has 2 unspecified atom stereocenters. The standard InChI is InChI=1S/C20H20F3N5OS/c1-10(2)16-15(12-8-25-28-9-11(21)5-6-14(12)28)26-19(30-16)18(29)27-17-13(24)4-3-7-20(17,22)23/h5-6,8-9,13,17H,1,3-4,7,24H2,2H3,(H,27,29). The van der Waals surface area contributed by atoms with Crippen LogP contribution in [0.1, 0.15) is 40.9 Å². The Morgan fingerprint density at radius 2 is 2.20 bits per heavy atom. The maximum absolute atomic E-state index is 14.3. The highest BCUT2D eigenvalue weighted by molar-refractivity contribution is 7.15. The number of nitrogens with one attached hydrogen (secondary N) is 1. The average molecular weight is 435 g/mol. The number of hydrogen-bond acceptors (Lipinski definition) is 5. The summed E-state index contributed by atoms with van der Waals surface area (Å²) < 4.78 is 43.4. The minimum atomic E-state index is -3.07. The summed E-state index contributed by atoms with van der Waals surface area (Å²) in [6.07, 6.45) is 3.16. The second-order valence-corrected chi connectivity index (χ2v) is 8.48. The van der Waals surface area contributed by atoms with E-state index in [0.717, 1.165) is 11.3 Å². The number of pyridine rings is 1. The van der Waals surface area contributed by atoms with Crippen LogP contribution in [0.25, 0.3) is 22.3 Å². The van der Waals surface area contributed by atoms with Crippen molar-refractivity contribution in [2.24, 2.45) is 5.73 Å². The molecule has 3 N–H and O–H groups in total. The van der Waals surface area contributed by atoms with Crippen molar-refractivity contribution in [3.8, 4) is 11.3 Å². The molecule has 1 saturated carbocycles. The fraction of sp³-hybridized carbons (Fsp3) is 0.350. The van der Waals surface area contributed by atoms with Crippen LogP contribution in [-0.4, -0.2) is 38.5 Å². The van der Waals surface area contributed by atoms with Crippen molar-refractivity contribution in [3.63, 3.8) is 0 Å². The quantitative estimate of drug-likeness (QED) is 0.651. The number of alkyl halides is 2. The first kappa shape index (κ1) is 20.5. The van der Waals surface area contributed by atoms with Crippen LogP contribution >= 0.6 is 11.3 Å². The van der Waals surface area contributed by atoms with E-state index >= 15 is 0 Å². The van der Waals surface area contributed by atoms with Gasteiger partial charge in [0.05, 0.1) is 28.5 Å². The minimum absolute atomic E-state index is 0.0260. The number of fused-ring (bicyclic) bond motifs is 1. The zero-order valence-corrected chi connectivity index (χ0v) is 17.0. The molecule has 0 spiro atoms. The summed E-state index contributed by atoms with van der Waals surface area (Å²) in [4.78, 5) is 17.8. The number of thiazole rings is 1. The van der Waals surface area contributed by atoms with E-state index in [1.165, 1.54) is 23.0 Å². The first-order valence-corrected chi connectivity index (χ1v) is 10.2. The van der Waals surface area contributed by atoms with E-state index < -0.39 is 29.7 Å². The van der Waals surface area contributed by atoms with Crippen LogP contribution < -0.4 is 11.1 Å². The Bertz CT molecular complexity index is 1140. The van der Waals surface area contributed by atoms with Crippen LogP contribution in [0.2, 0.25) is 0 Å². The second-order valence-electron chi connectivity index (χ2n) is 7.48. The van der Waals surface area contributed by atoms with Gasteiger partial charge < -0.3 is 11.1 Å². The number of rotatable bonds is 4. The molecule has 6 nitrogen and oxygen atoms in total. The number of nitrogens with two attached hydrogens (primary N) is 1. The van der Waals surface area contributed by atoms with E-state index in [9.17, 15) is 18.0 Å². The van der Waals surface area contributed by atoms with Crippen molar-refractivity contribution in [2.75, 3.05) is 0 Å². The third kappa shape index (κ3) is 3.61. The van der Waals surface area contributed by atoms with E-state index in [4.69, 9.17) is 5.73 Å². The van der Waals surface area contributed by atoms with Gasteiger partial charge in [0.25, 0.3) is 11.8 Å². The lowest BCUT2D eigenvalue weighted by molar-refractivity contribution is -0.0674. The lowest BCUT2D eigenvalue weighted by Gasteiger charge is -2.36. The minimum Gasteiger partial charge on any atom is -0.340 e. The first-order chi connectivity index (χ1) is 14.2. The van der Waals surface area contributed by atoms with Crippen molar-refractivity contribution in [3.05, 3.63) is 46.8 Å². The van der Waals surface area contributed by atoms with Gasteiger partial charge in [-0.2, -0.15) is 5.10 Å². The molecular weight excluding hydrogens is 415 g/mol. The van der Waals surface area contributed by atoms with Gasteiger partial charge in [-0.25, -0.2) is 22.7 Å². The monoisotopic (exact) mass is 435 g/mol. The van der Waals surface area contributed by atoms with Crippen LogP contribution in [-0.2, 0) is 0 Å². The number of amides is 1. The lowest BCUT2D eigenvalue weighted by Crippen LogP contribution is -2.59. The number of aromatic nitrogens is 3. The van der Waals surface area contributed by atoms with Crippen molar-refractivity contribution < 1.29 is 18.0 Å². The molecule has 1 aliphatic rings. The van der Waals surface area contributed by atoms with Gasteiger partial charge in [-0.05, 0) is 37.5 Å². The summed E-state index contributed by atoms with van der Waals surface area (Å²) in [5.74, 6) is -4.23. The lowest BCUT2D eigenvalue weighted by atomic mass is 9.87. The summed E-state index contributed by atoms with van der Waals surface area (Å²) in [7, 11) is 0. The van der Waals surface area contributed by atoms with E-state index in [0.29, 0.717) is 40.1 Å². The third-order valence-electron chi connectivity index (χ3n) is 5.16. The molecule has 4 rings (SSSR count). The van der Waals surface area contributed by atoms with E-state index in [1.54, 1.807) is 13.0 Å². The predicted molar refractivity (Wildman–Crippen MR) is 109 cm³/mol. The van der Waals surface area contributed by atoms with Gasteiger partial charge in [0.15, 0.2) is 5.01 Å². The number of allylic oxidation sites excluding steroid dienone is 1. The SMILES string of the molecule is C=C(C)c1sc(C(=O)NC2C(N)CCCC2(F)F)nc1-c1cnn2cc(F)ccc12. The van der Waals surface area contributed by atoms with Gasteiger partial charge in [0, 0.05) is 18.0 Å². The van der Waals surface area contributed by atoms with E-state index in [-0.39, 0.29) is 11.4 Å². The van der Waals surface area contributed by atoms with E-state index in [1.807, 2.05) is 0 Å². The highest BCUT2D eigenvalue weighted by Crippen LogP contribution is 2.36. The van der Waals surface area contributed by atoms with Crippen LogP contribution in [0.4, 0.5) is 13.2 Å². The number of halogens is 3. The average Bonchev–Trinajstić information content (AvgIpc) is 3.28. The summed E-state index contributed by atoms with van der Waals surface area (Å²) in [5.41, 5.74) is 8.13. The van der Waals surface area contributed by atoms with Crippen molar-refractivity contribution in [2.45, 2.75) is 44.2 Å². The van der Waals surface area contributed by atoms with Gasteiger partial charge in [-0.3, -0.25) is 4.79 Å². The fourth-order valence-corrected chi connectivity index (χ4v) is 4.56. The Morgan fingerprint density at radius 1 is 1.43 bits per heavy atom. The molecule has 2 atom stereocenters. The molecule has 0 aromatic carbocycles. The Hall–Kier alpha value is -2.72. The summed E-state index contributed by atoms with van der Waals surface area (Å²) in [6, 6.07) is 0.584. The van der Waals surface area contributed by atoms with Gasteiger partial charge in [-0.15, -0.1) is 11.3 Å². The molecule has 30 heavy (non-hydrogen) atoms. The van der Waals surface area contributed by atoms with Gasteiger partial charge in [-0.1, -0.05) is 6.58 Å². The Labute approximate surface area is 174 Å². The zero-order valence-electron chi connectivity index (χ0n) is 16.2. The van der Waals surface area contributed by atoms with Gasteiger partial charge in [0.1, 0.15) is 11.9 Å². The number of carbonyl (C=O) groups excluding carboxylic acids is 1. The molecular formula is C20H20F3N5OS. The van der Waals surface area contributed by atoms with Crippen LogP contribution in [0, 0.1) is 5.82 Å². The Morgan fingerprint density at radius 3 is 2.90 bits per heavy atom. The maximum atomic E-state index is 14.3. The summed E-state index contributed by atoms with van der Waals surface area (Å²) in [5, 5.41) is 6.53. The number of nitrogens with zero attached hydrogens (tertiary/aromatic N) is 3. The van der Waals surface area contributed by atoms with Crippen molar-refractivity contribution in [1.82, 2.24) is 19.9 Å². The Kier molecular flexibility index (Phi) is 5.15. The summed E-state index contributed by atoms with van der Waals surface area (Å²) in [6.45, 7) is 5.68. The fourth-order valence-electron chi connectivity index (χ4n) is 3.66. The first-order valence-electron chi connectivity index (χ1n) is 9.41. The molecule has 10 heteroatoms. The molecule has 3 aromatic heterocycles. The highest BCUT2D eigenvalue weighted by atomic mass is 32.1. The third-order valence-corrected chi connectivity index (χ3v) is 6.38. The molecule has 3 heterocycles. The predicted octanol–water partition coefficient (Wildman–Crippen LogP) is 3.87. The number of hydrogen-bond donors (Lipinski definition) is 2. The molecule has 158 valence electrons. The maximum Gasteiger partial charge on any atom is 0.280 e. The highest BCUT2D eigenvalue weighted by Gasteiger charge is 2.46. The molecule has 0 aliphatic heterocycles. The van der Waals surface area contributed by atoms with Gasteiger partial charge >= 0.3 is 0 Å². The smallest absolute Gasteiger partial charge is 0.280 e. The Balaban J connectivity index is 1.70.